The first-order valence-electron chi connectivity index (χ1n) is 44.1. The molecule has 0 radical (unpaired) electrons. The molecule has 113 heavy (non-hydrogen) atoms. The molecule has 3 heterocycles. The van der Waals surface area contributed by atoms with E-state index in [0.717, 1.165) is 218 Å². The van der Waals surface area contributed by atoms with E-state index < -0.39 is 117 Å². The molecule has 0 aromatic heterocycles. The molecule has 6 unspecified atom stereocenters. The summed E-state index contributed by atoms with van der Waals surface area (Å²) in [6, 6.07) is 0. The minimum atomic E-state index is -1.29. The zero-order chi connectivity index (χ0) is 82.5. The zero-order valence-corrected chi connectivity index (χ0v) is 70.2. The topological polar surface area (TPSA) is 420 Å². The van der Waals surface area contributed by atoms with Gasteiger partial charge in [-0.2, -0.15) is 0 Å². The standard InChI is InChI=1S/C84H159N5O24/c1-63(2)107-50-36-31-27-35-46-85-70(93)41-40-42-74(97)89-84(60-104-54-43-71(94)86-47-32-24-18-12-6-9-15-21-28-37-51-108-81-64(3)75(98)78(101)67(57-90)111-81,61-105-55-44-72(95)87-48-33-25-19-13-7-10-16-22-29-38-52-109-82-65(4)76(99)79(102)68(58-91)112-82)62-106-56-45-73(96)88-49-34-26-20-14-8-11-17-23-30-39-53-110-83-66(5)77(100)80(103)69(59-92)113-83/h63-69,75-83,90-92,98-103H,6-62H2,1-5H3,(H,85,93)(H,86,94)(H,87,95)(H,88,96)(H,89,97)/t64?,65?,66?,67?,68?,69?,75-,76-,77-,78+,79+,80+,81-,82-,83-,84?/m1/s1. The molecule has 15 atom stereocenters. The van der Waals surface area contributed by atoms with E-state index in [0.29, 0.717) is 52.6 Å². The normalized spacial score (nSPS) is 24.5. The fourth-order valence-corrected chi connectivity index (χ4v) is 14.2. The summed E-state index contributed by atoms with van der Waals surface area (Å²) in [5.41, 5.74) is -1.29. The van der Waals surface area contributed by atoms with E-state index in [4.69, 9.17) is 47.4 Å². The van der Waals surface area contributed by atoms with Gasteiger partial charge in [-0.25, -0.2) is 0 Å². The number of carbonyl (C=O) groups excluding carboxylic acids is 5. The molecule has 3 fully saturated rings. The quantitative estimate of drug-likeness (QED) is 0.0260. The van der Waals surface area contributed by atoms with Crippen LogP contribution in [0.15, 0.2) is 0 Å². The number of aliphatic hydroxyl groups excluding tert-OH is 9. The van der Waals surface area contributed by atoms with Crippen LogP contribution in [0.4, 0.5) is 0 Å². The number of carbonyl (C=O) groups is 5. The third kappa shape index (κ3) is 48.4. The Labute approximate surface area is 677 Å². The van der Waals surface area contributed by atoms with Crippen molar-refractivity contribution in [2.75, 3.05) is 112 Å². The maximum atomic E-state index is 14.0. The second-order valence-corrected chi connectivity index (χ2v) is 32.2. The first-order chi connectivity index (χ1) is 54.7. The summed E-state index contributed by atoms with van der Waals surface area (Å²) >= 11 is 0. The van der Waals surface area contributed by atoms with Gasteiger partial charge in [0.2, 0.25) is 29.5 Å². The molecule has 29 nitrogen and oxygen atoms in total. The molecule has 3 aliphatic heterocycles. The molecule has 0 aliphatic carbocycles. The van der Waals surface area contributed by atoms with Crippen LogP contribution in [0, 0.1) is 17.8 Å². The maximum absolute atomic E-state index is 14.0. The van der Waals surface area contributed by atoms with Gasteiger partial charge in [0, 0.05) is 102 Å². The van der Waals surface area contributed by atoms with Crippen LogP contribution in [0.3, 0.4) is 0 Å². The molecule has 0 aromatic carbocycles. The van der Waals surface area contributed by atoms with Gasteiger partial charge in [0.1, 0.15) is 42.2 Å². The highest BCUT2D eigenvalue weighted by Crippen LogP contribution is 2.30. The van der Waals surface area contributed by atoms with Crippen molar-refractivity contribution in [2.45, 2.75) is 377 Å². The van der Waals surface area contributed by atoms with E-state index in [1.165, 1.54) is 0 Å². The molecule has 0 saturated carbocycles. The highest BCUT2D eigenvalue weighted by molar-refractivity contribution is 5.79. The summed E-state index contributed by atoms with van der Waals surface area (Å²) < 4.78 is 58.7. The van der Waals surface area contributed by atoms with Crippen molar-refractivity contribution >= 4 is 29.5 Å². The van der Waals surface area contributed by atoms with Crippen molar-refractivity contribution in [3.63, 3.8) is 0 Å². The minimum Gasteiger partial charge on any atom is -0.394 e. The fourth-order valence-electron chi connectivity index (χ4n) is 14.2. The van der Waals surface area contributed by atoms with Gasteiger partial charge in [0.25, 0.3) is 0 Å². The predicted octanol–water partition coefficient (Wildman–Crippen LogP) is 7.66. The Kier molecular flexibility index (Phi) is 61.0. The number of unbranched alkanes of at least 4 members (excludes halogenated alkanes) is 30. The van der Waals surface area contributed by atoms with Gasteiger partial charge in [0.15, 0.2) is 18.9 Å². The number of aliphatic hydroxyl groups is 9. The fraction of sp³-hybridized carbons (Fsp3) is 0.940. The Morgan fingerprint density at radius 3 is 0.814 bits per heavy atom. The highest BCUT2D eigenvalue weighted by atomic mass is 16.7. The molecule has 0 aromatic rings. The van der Waals surface area contributed by atoms with E-state index in [2.05, 4.69) is 26.6 Å². The Hall–Kier alpha value is -3.41. The van der Waals surface area contributed by atoms with Gasteiger partial charge >= 0.3 is 0 Å². The number of amides is 5. The average Bonchev–Trinajstić information content (AvgIpc) is 0.834. The van der Waals surface area contributed by atoms with Gasteiger partial charge in [-0.1, -0.05) is 188 Å². The van der Waals surface area contributed by atoms with Crippen LogP contribution >= 0.6 is 0 Å². The molecule has 29 heteroatoms. The van der Waals surface area contributed by atoms with E-state index in [-0.39, 0.29) is 114 Å². The SMILES string of the molecule is CC(C)OCCCCCCNC(=O)CCCC(=O)NC(COCCC(=O)NCCCCCCCCCCCCO[C@@H]1OC(CO)[C@H](O)[C@H](O)C1C)(COCCC(=O)NCCCCCCCCCCCCO[C@@H]1OC(CO)[C@H](O)[C@H](O)C1C)COCCC(=O)NCCCCCCCCCCCCO[C@@H]1OC(CO)[C@H](O)[C@H](O)C1C. The minimum absolute atomic E-state index is 0.0232. The Balaban J connectivity index is 1.46. The van der Waals surface area contributed by atoms with E-state index >= 15 is 0 Å². The summed E-state index contributed by atoms with van der Waals surface area (Å²) in [5, 5.41) is 105. The Morgan fingerprint density at radius 2 is 0.549 bits per heavy atom. The Morgan fingerprint density at radius 1 is 0.310 bits per heavy atom. The molecule has 0 spiro atoms. The molecule has 3 aliphatic rings. The lowest BCUT2D eigenvalue weighted by atomic mass is 9.92. The average molecular weight is 1620 g/mol. The third-order valence-corrected chi connectivity index (χ3v) is 21.7. The first-order valence-corrected chi connectivity index (χ1v) is 44.1. The summed E-state index contributed by atoms with van der Waals surface area (Å²) in [4.78, 5) is 66.2. The second-order valence-electron chi connectivity index (χ2n) is 32.2. The number of ether oxygens (including phenoxy) is 10. The third-order valence-electron chi connectivity index (χ3n) is 21.7. The molecular formula is C84H159N5O24. The van der Waals surface area contributed by atoms with E-state index in [9.17, 15) is 69.9 Å². The zero-order valence-electron chi connectivity index (χ0n) is 70.2. The van der Waals surface area contributed by atoms with Gasteiger partial charge in [-0.05, 0) is 71.6 Å². The van der Waals surface area contributed by atoms with Crippen LogP contribution in [0.2, 0.25) is 0 Å². The maximum Gasteiger partial charge on any atom is 0.222 e. The molecule has 14 N–H and O–H groups in total. The van der Waals surface area contributed by atoms with Crippen LogP contribution in [-0.4, -0.2) is 273 Å². The largest absolute Gasteiger partial charge is 0.394 e. The highest BCUT2D eigenvalue weighted by Gasteiger charge is 2.45. The number of nitrogens with one attached hydrogen (secondary N) is 5. The van der Waals surface area contributed by atoms with Gasteiger partial charge in [-0.3, -0.25) is 24.0 Å². The molecule has 5 amide bonds. The van der Waals surface area contributed by atoms with Crippen molar-refractivity contribution in [3.05, 3.63) is 0 Å². The molecule has 3 rings (SSSR count). The van der Waals surface area contributed by atoms with E-state index in [1.807, 2.05) is 13.8 Å². The molecule has 3 saturated heterocycles. The van der Waals surface area contributed by atoms with Crippen molar-refractivity contribution in [1.29, 1.82) is 0 Å². The van der Waals surface area contributed by atoms with Crippen molar-refractivity contribution < 1.29 is 117 Å². The first kappa shape index (κ1) is 104. The number of rotatable bonds is 73. The lowest BCUT2D eigenvalue weighted by Crippen LogP contribution is -2.58. The lowest BCUT2D eigenvalue weighted by molar-refractivity contribution is -0.282. The van der Waals surface area contributed by atoms with Gasteiger partial charge < -0.3 is 120 Å². The summed E-state index contributed by atoms with van der Waals surface area (Å²) in [6.45, 7) is 12.2. The van der Waals surface area contributed by atoms with Gasteiger partial charge in [0.05, 0.1) is 83.9 Å². The van der Waals surface area contributed by atoms with Crippen LogP contribution < -0.4 is 26.6 Å². The lowest BCUT2D eigenvalue weighted by Gasteiger charge is -2.40. The smallest absolute Gasteiger partial charge is 0.222 e. The van der Waals surface area contributed by atoms with Crippen molar-refractivity contribution in [1.82, 2.24) is 26.6 Å². The second kappa shape index (κ2) is 66.4. The number of hydrogen-bond donors (Lipinski definition) is 14. The van der Waals surface area contributed by atoms with Crippen LogP contribution in [0.5, 0.6) is 0 Å². The summed E-state index contributed by atoms with van der Waals surface area (Å²) in [6.07, 6.45) is 24.6. The van der Waals surface area contributed by atoms with Crippen molar-refractivity contribution in [2.24, 2.45) is 17.8 Å². The van der Waals surface area contributed by atoms with Crippen LogP contribution in [-0.2, 0) is 71.3 Å². The van der Waals surface area contributed by atoms with Gasteiger partial charge in [-0.15, -0.1) is 0 Å². The predicted molar refractivity (Wildman–Crippen MR) is 430 cm³/mol. The summed E-state index contributed by atoms with van der Waals surface area (Å²) in [5.74, 6) is -2.21. The molecular weight excluding hydrogens is 1460 g/mol. The van der Waals surface area contributed by atoms with E-state index in [1.54, 1.807) is 20.8 Å². The molecule has 0 bridgehead atoms. The Bertz CT molecular complexity index is 2150. The monoisotopic (exact) mass is 1620 g/mol. The van der Waals surface area contributed by atoms with Crippen molar-refractivity contribution in [3.8, 4) is 0 Å². The molecule has 664 valence electrons. The van der Waals surface area contributed by atoms with Crippen LogP contribution in [0.25, 0.3) is 0 Å². The number of hydrogen-bond acceptors (Lipinski definition) is 24. The van der Waals surface area contributed by atoms with Crippen LogP contribution in [0.1, 0.15) is 291 Å². The summed E-state index contributed by atoms with van der Waals surface area (Å²) in [7, 11) is 0.